The highest BCUT2D eigenvalue weighted by molar-refractivity contribution is 4.80. The molecule has 0 radical (unpaired) electrons. The van der Waals surface area contributed by atoms with E-state index in [1.807, 2.05) is 0 Å². The van der Waals surface area contributed by atoms with Crippen LogP contribution in [0.15, 0.2) is 0 Å². The van der Waals surface area contributed by atoms with Crippen molar-refractivity contribution in [2.45, 2.75) is 32.7 Å². The van der Waals surface area contributed by atoms with Crippen molar-refractivity contribution in [2.24, 2.45) is 5.92 Å². The van der Waals surface area contributed by atoms with Crippen LogP contribution in [0.2, 0.25) is 0 Å². The van der Waals surface area contributed by atoms with Gasteiger partial charge < -0.3 is 9.80 Å². The van der Waals surface area contributed by atoms with E-state index < -0.39 is 0 Å². The lowest BCUT2D eigenvalue weighted by Gasteiger charge is -2.20. The molecule has 0 spiro atoms. The van der Waals surface area contributed by atoms with Crippen LogP contribution >= 0.6 is 0 Å². The minimum absolute atomic E-state index is 0.798. The second-order valence-corrected chi connectivity index (χ2v) is 4.89. The van der Waals surface area contributed by atoms with Gasteiger partial charge in [-0.2, -0.15) is 0 Å². The summed E-state index contributed by atoms with van der Waals surface area (Å²) in [5.41, 5.74) is 0. The minimum atomic E-state index is 0.798. The molecule has 1 fully saturated rings. The molecule has 78 valence electrons. The van der Waals surface area contributed by atoms with Crippen molar-refractivity contribution in [3.63, 3.8) is 0 Å². The largest absolute Gasteiger partial charge is 0.305 e. The number of nitrogens with zero attached hydrogens (tertiary/aromatic N) is 2. The summed E-state index contributed by atoms with van der Waals surface area (Å²) in [6.07, 6.45) is 2.70. The Hall–Kier alpha value is -0.0800. The smallest absolute Gasteiger partial charge is 0.0229 e. The fraction of sp³-hybridized carbons (Fsp3) is 1.00. The van der Waals surface area contributed by atoms with E-state index in [1.165, 1.54) is 32.5 Å². The van der Waals surface area contributed by atoms with Crippen molar-refractivity contribution in [2.75, 3.05) is 33.7 Å². The van der Waals surface area contributed by atoms with Gasteiger partial charge in [-0.15, -0.1) is 0 Å². The van der Waals surface area contributed by atoms with E-state index in [-0.39, 0.29) is 0 Å². The van der Waals surface area contributed by atoms with Gasteiger partial charge in [-0.25, -0.2) is 0 Å². The van der Waals surface area contributed by atoms with Gasteiger partial charge in [-0.1, -0.05) is 13.8 Å². The van der Waals surface area contributed by atoms with Crippen LogP contribution in [0.1, 0.15) is 26.7 Å². The molecule has 2 heteroatoms. The van der Waals surface area contributed by atoms with Crippen molar-refractivity contribution in [1.29, 1.82) is 0 Å². The summed E-state index contributed by atoms with van der Waals surface area (Å²) in [6.45, 7) is 8.48. The van der Waals surface area contributed by atoms with Gasteiger partial charge in [0.15, 0.2) is 0 Å². The van der Waals surface area contributed by atoms with E-state index in [0.29, 0.717) is 0 Å². The quantitative estimate of drug-likeness (QED) is 0.656. The molecule has 0 bridgehead atoms. The number of likely N-dealkylation sites (N-methyl/N-ethyl adjacent to an activating group) is 1. The summed E-state index contributed by atoms with van der Waals surface area (Å²) in [7, 11) is 4.38. The van der Waals surface area contributed by atoms with E-state index >= 15 is 0 Å². The van der Waals surface area contributed by atoms with Gasteiger partial charge >= 0.3 is 0 Å². The zero-order valence-corrected chi connectivity index (χ0v) is 9.58. The monoisotopic (exact) mass is 184 g/mol. The third-order valence-electron chi connectivity index (χ3n) is 3.00. The van der Waals surface area contributed by atoms with Crippen LogP contribution < -0.4 is 0 Å². The Morgan fingerprint density at radius 3 is 2.54 bits per heavy atom. The Morgan fingerprint density at radius 2 is 2.08 bits per heavy atom. The molecule has 0 N–H and O–H groups in total. The molecule has 1 aliphatic rings. The molecule has 1 heterocycles. The molecule has 2 nitrogen and oxygen atoms in total. The van der Waals surface area contributed by atoms with Crippen LogP contribution in [0, 0.1) is 5.92 Å². The van der Waals surface area contributed by atoms with E-state index in [0.717, 1.165) is 12.0 Å². The topological polar surface area (TPSA) is 6.48 Å². The fourth-order valence-corrected chi connectivity index (χ4v) is 1.88. The van der Waals surface area contributed by atoms with E-state index in [9.17, 15) is 0 Å². The third-order valence-corrected chi connectivity index (χ3v) is 3.00. The molecule has 0 aromatic rings. The maximum Gasteiger partial charge on any atom is 0.0229 e. The summed E-state index contributed by atoms with van der Waals surface area (Å²) < 4.78 is 0. The molecular formula is C11H24N2. The maximum atomic E-state index is 2.60. The Balaban J connectivity index is 2.17. The normalized spacial score (nSPS) is 24.9. The van der Waals surface area contributed by atoms with Gasteiger partial charge in [0.1, 0.15) is 0 Å². The molecule has 13 heavy (non-hydrogen) atoms. The first-order chi connectivity index (χ1) is 6.09. The predicted octanol–water partition coefficient (Wildman–Crippen LogP) is 1.67. The van der Waals surface area contributed by atoms with E-state index in [4.69, 9.17) is 0 Å². The second-order valence-electron chi connectivity index (χ2n) is 4.89. The Kier molecular flexibility index (Phi) is 4.20. The van der Waals surface area contributed by atoms with Gasteiger partial charge in [0, 0.05) is 12.6 Å². The first-order valence-corrected chi connectivity index (χ1v) is 5.48. The van der Waals surface area contributed by atoms with Crippen molar-refractivity contribution < 1.29 is 0 Å². The zero-order chi connectivity index (χ0) is 9.84. The van der Waals surface area contributed by atoms with Gasteiger partial charge in [-0.3, -0.25) is 0 Å². The molecule has 0 saturated carbocycles. The van der Waals surface area contributed by atoms with Crippen LogP contribution in [0.5, 0.6) is 0 Å². The lowest BCUT2D eigenvalue weighted by atomic mass is 10.1. The SMILES string of the molecule is CC(C)CCN1CCC(N(C)C)C1. The van der Waals surface area contributed by atoms with E-state index in [2.05, 4.69) is 37.7 Å². The van der Waals surface area contributed by atoms with Crippen LogP contribution in [0.4, 0.5) is 0 Å². The van der Waals surface area contributed by atoms with Crippen LogP contribution in [0.3, 0.4) is 0 Å². The average molecular weight is 184 g/mol. The molecule has 1 aliphatic heterocycles. The molecule has 0 aliphatic carbocycles. The predicted molar refractivity (Wildman–Crippen MR) is 58.0 cm³/mol. The minimum Gasteiger partial charge on any atom is -0.305 e. The molecule has 1 saturated heterocycles. The van der Waals surface area contributed by atoms with Gasteiger partial charge in [-0.05, 0) is 45.9 Å². The summed E-state index contributed by atoms with van der Waals surface area (Å²) in [4.78, 5) is 4.96. The van der Waals surface area contributed by atoms with Gasteiger partial charge in [0.05, 0.1) is 0 Å². The highest BCUT2D eigenvalue weighted by Crippen LogP contribution is 2.14. The summed E-state index contributed by atoms with van der Waals surface area (Å²) in [6, 6.07) is 0.798. The number of rotatable bonds is 4. The molecule has 1 atom stereocenters. The highest BCUT2D eigenvalue weighted by atomic mass is 15.2. The highest BCUT2D eigenvalue weighted by Gasteiger charge is 2.23. The van der Waals surface area contributed by atoms with Crippen LogP contribution in [0.25, 0.3) is 0 Å². The summed E-state index contributed by atoms with van der Waals surface area (Å²) >= 11 is 0. The first kappa shape index (κ1) is 11.0. The van der Waals surface area contributed by atoms with E-state index in [1.54, 1.807) is 0 Å². The second kappa shape index (κ2) is 4.97. The standard InChI is InChI=1S/C11H24N2/c1-10(2)5-7-13-8-6-11(9-13)12(3)4/h10-11H,5-9H2,1-4H3. The lowest BCUT2D eigenvalue weighted by Crippen LogP contribution is -2.32. The Labute approximate surface area is 82.9 Å². The maximum absolute atomic E-state index is 2.60. The average Bonchev–Trinajstić information content (AvgIpc) is 2.48. The molecule has 0 aromatic carbocycles. The number of hydrogen-bond acceptors (Lipinski definition) is 2. The first-order valence-electron chi connectivity index (χ1n) is 5.48. The molecule has 1 rings (SSSR count). The molecular weight excluding hydrogens is 160 g/mol. The Bertz CT molecular complexity index is 143. The van der Waals surface area contributed by atoms with Crippen molar-refractivity contribution in [3.8, 4) is 0 Å². The number of likely N-dealkylation sites (tertiary alicyclic amines) is 1. The molecule has 0 amide bonds. The number of hydrogen-bond donors (Lipinski definition) is 0. The van der Waals surface area contributed by atoms with Crippen LogP contribution in [-0.4, -0.2) is 49.6 Å². The Morgan fingerprint density at radius 1 is 1.38 bits per heavy atom. The lowest BCUT2D eigenvalue weighted by molar-refractivity contribution is 0.260. The van der Waals surface area contributed by atoms with Gasteiger partial charge in [0.2, 0.25) is 0 Å². The van der Waals surface area contributed by atoms with Gasteiger partial charge in [0.25, 0.3) is 0 Å². The zero-order valence-electron chi connectivity index (χ0n) is 9.58. The summed E-state index contributed by atoms with van der Waals surface area (Å²) in [5, 5.41) is 0. The fourth-order valence-electron chi connectivity index (χ4n) is 1.88. The molecule has 0 aromatic heterocycles. The summed E-state index contributed by atoms with van der Waals surface area (Å²) in [5.74, 6) is 0.846. The van der Waals surface area contributed by atoms with Crippen molar-refractivity contribution in [1.82, 2.24) is 9.80 Å². The van der Waals surface area contributed by atoms with Crippen molar-refractivity contribution >= 4 is 0 Å². The third kappa shape index (κ3) is 3.65. The molecule has 1 unspecified atom stereocenters. The van der Waals surface area contributed by atoms with Crippen molar-refractivity contribution in [3.05, 3.63) is 0 Å². The van der Waals surface area contributed by atoms with Crippen LogP contribution in [-0.2, 0) is 0 Å².